The van der Waals surface area contributed by atoms with E-state index in [2.05, 4.69) is 16.4 Å². The normalized spacial score (nSPS) is 10.5. The quantitative estimate of drug-likeness (QED) is 0.903. The molecule has 0 saturated carbocycles. The van der Waals surface area contributed by atoms with Crippen molar-refractivity contribution in [2.75, 3.05) is 26.0 Å². The third-order valence-electron chi connectivity index (χ3n) is 2.50. The molecule has 0 spiro atoms. The number of fused-ring (bicyclic) bond motifs is 1. The fourth-order valence-electron chi connectivity index (χ4n) is 1.50. The summed E-state index contributed by atoms with van der Waals surface area (Å²) in [6, 6.07) is 6.04. The lowest BCUT2D eigenvalue weighted by Crippen LogP contribution is -2.23. The molecule has 1 N–H and O–H groups in total. The largest absolute Gasteiger partial charge is 0.384 e. The minimum absolute atomic E-state index is 0.136. The first kappa shape index (κ1) is 11.9. The van der Waals surface area contributed by atoms with Crippen LogP contribution in [0.5, 0.6) is 0 Å². The van der Waals surface area contributed by atoms with Crippen molar-refractivity contribution in [2.45, 2.75) is 6.42 Å². The van der Waals surface area contributed by atoms with Gasteiger partial charge in [0, 0.05) is 32.7 Å². The topological polar surface area (TPSA) is 45.2 Å². The van der Waals surface area contributed by atoms with Crippen LogP contribution in [-0.4, -0.2) is 36.4 Å². The van der Waals surface area contributed by atoms with Crippen LogP contribution in [0.2, 0.25) is 0 Å². The highest BCUT2D eigenvalue weighted by molar-refractivity contribution is 7.16. The second-order valence-corrected chi connectivity index (χ2v) is 4.89. The van der Waals surface area contributed by atoms with Crippen molar-refractivity contribution >= 4 is 33.1 Å². The monoisotopic (exact) mass is 249 g/mol. The van der Waals surface area contributed by atoms with E-state index in [1.807, 2.05) is 17.6 Å². The maximum atomic E-state index is 11.4. The maximum Gasteiger partial charge on any atom is 0.223 e. The van der Waals surface area contributed by atoms with Crippen molar-refractivity contribution in [3.05, 3.63) is 23.7 Å². The van der Waals surface area contributed by atoms with Crippen LogP contribution in [0, 0.1) is 0 Å². The second-order valence-electron chi connectivity index (χ2n) is 4.00. The van der Waals surface area contributed by atoms with E-state index in [9.17, 15) is 4.79 Å². The summed E-state index contributed by atoms with van der Waals surface area (Å²) in [5, 5.41) is 3.24. The van der Waals surface area contributed by atoms with Gasteiger partial charge < -0.3 is 10.2 Å². The van der Waals surface area contributed by atoms with E-state index in [1.165, 1.54) is 0 Å². The van der Waals surface area contributed by atoms with E-state index in [4.69, 9.17) is 0 Å². The van der Waals surface area contributed by atoms with Crippen LogP contribution in [-0.2, 0) is 4.79 Å². The Morgan fingerprint density at radius 2 is 2.29 bits per heavy atom. The van der Waals surface area contributed by atoms with E-state index in [1.54, 1.807) is 30.3 Å². The van der Waals surface area contributed by atoms with E-state index in [-0.39, 0.29) is 5.91 Å². The van der Waals surface area contributed by atoms with Crippen molar-refractivity contribution in [1.82, 2.24) is 9.88 Å². The van der Waals surface area contributed by atoms with Crippen molar-refractivity contribution in [1.29, 1.82) is 0 Å². The molecule has 0 aliphatic carbocycles. The van der Waals surface area contributed by atoms with Crippen molar-refractivity contribution in [3.8, 4) is 0 Å². The standard InChI is InChI=1S/C12H15N3OS/c1-15(2)12(16)5-6-13-9-3-4-10-11(7-9)17-8-14-10/h3-4,7-8,13H,5-6H2,1-2H3. The van der Waals surface area contributed by atoms with Gasteiger partial charge in [0.25, 0.3) is 0 Å². The molecule has 0 unspecified atom stereocenters. The van der Waals surface area contributed by atoms with Gasteiger partial charge in [-0.2, -0.15) is 0 Å². The van der Waals surface area contributed by atoms with Crippen LogP contribution >= 0.6 is 11.3 Å². The van der Waals surface area contributed by atoms with Crippen molar-refractivity contribution in [2.24, 2.45) is 0 Å². The summed E-state index contributed by atoms with van der Waals surface area (Å²) in [5.74, 6) is 0.136. The molecule has 1 aromatic heterocycles. The molecule has 0 fully saturated rings. The second kappa shape index (κ2) is 5.14. The molecule has 1 amide bonds. The van der Waals surface area contributed by atoms with Crippen LogP contribution in [0.15, 0.2) is 23.7 Å². The average molecular weight is 249 g/mol. The van der Waals surface area contributed by atoms with E-state index < -0.39 is 0 Å². The van der Waals surface area contributed by atoms with Gasteiger partial charge in [0.15, 0.2) is 0 Å². The predicted octanol–water partition coefficient (Wildman–Crippen LogP) is 2.19. The highest BCUT2D eigenvalue weighted by Gasteiger charge is 2.03. The zero-order valence-corrected chi connectivity index (χ0v) is 10.8. The van der Waals surface area contributed by atoms with Crippen LogP contribution in [0.25, 0.3) is 10.2 Å². The van der Waals surface area contributed by atoms with Crippen LogP contribution in [0.3, 0.4) is 0 Å². The van der Waals surface area contributed by atoms with Gasteiger partial charge in [-0.05, 0) is 18.2 Å². The van der Waals surface area contributed by atoms with Crippen LogP contribution < -0.4 is 5.32 Å². The minimum Gasteiger partial charge on any atom is -0.384 e. The number of amides is 1. The fraction of sp³-hybridized carbons (Fsp3) is 0.333. The highest BCUT2D eigenvalue weighted by Crippen LogP contribution is 2.21. The molecule has 4 nitrogen and oxygen atoms in total. The summed E-state index contributed by atoms with van der Waals surface area (Å²) in [7, 11) is 3.54. The summed E-state index contributed by atoms with van der Waals surface area (Å²) >= 11 is 1.62. The van der Waals surface area contributed by atoms with Crippen LogP contribution in [0.1, 0.15) is 6.42 Å². The molecule has 0 radical (unpaired) electrons. The van der Waals surface area contributed by atoms with Gasteiger partial charge in [-0.3, -0.25) is 4.79 Å². The van der Waals surface area contributed by atoms with Crippen molar-refractivity contribution < 1.29 is 4.79 Å². The average Bonchev–Trinajstić information content (AvgIpc) is 2.75. The lowest BCUT2D eigenvalue weighted by atomic mass is 10.3. The van der Waals surface area contributed by atoms with Gasteiger partial charge in [0.1, 0.15) is 0 Å². The summed E-state index contributed by atoms with van der Waals surface area (Å²) in [5.41, 5.74) is 3.89. The molecule has 2 aromatic rings. The zero-order chi connectivity index (χ0) is 12.3. The molecule has 17 heavy (non-hydrogen) atoms. The smallest absolute Gasteiger partial charge is 0.223 e. The van der Waals surface area contributed by atoms with Gasteiger partial charge in [-0.15, -0.1) is 11.3 Å². The highest BCUT2D eigenvalue weighted by atomic mass is 32.1. The number of aromatic nitrogens is 1. The lowest BCUT2D eigenvalue weighted by Gasteiger charge is -2.11. The molecule has 5 heteroatoms. The first-order valence-electron chi connectivity index (χ1n) is 5.44. The number of carbonyl (C=O) groups excluding carboxylic acids is 1. The van der Waals surface area contributed by atoms with E-state index in [0.29, 0.717) is 13.0 Å². The number of benzene rings is 1. The first-order chi connectivity index (χ1) is 8.16. The predicted molar refractivity (Wildman–Crippen MR) is 71.4 cm³/mol. The SMILES string of the molecule is CN(C)C(=O)CCNc1ccc2ncsc2c1. The van der Waals surface area contributed by atoms with Crippen LogP contribution in [0.4, 0.5) is 5.69 Å². The molecular weight excluding hydrogens is 234 g/mol. The lowest BCUT2D eigenvalue weighted by molar-refractivity contribution is -0.128. The number of carbonyl (C=O) groups is 1. The third kappa shape index (κ3) is 2.94. The summed E-state index contributed by atoms with van der Waals surface area (Å²) < 4.78 is 1.16. The third-order valence-corrected chi connectivity index (χ3v) is 3.29. The molecule has 90 valence electrons. The number of thiazole rings is 1. The summed E-state index contributed by atoms with van der Waals surface area (Å²) in [6.07, 6.45) is 0.508. The Balaban J connectivity index is 1.92. The molecule has 1 aromatic carbocycles. The molecule has 0 atom stereocenters. The molecule has 2 rings (SSSR count). The Morgan fingerprint density at radius 1 is 1.47 bits per heavy atom. The Hall–Kier alpha value is -1.62. The number of hydrogen-bond donors (Lipinski definition) is 1. The summed E-state index contributed by atoms with van der Waals surface area (Å²) in [6.45, 7) is 0.654. The van der Waals surface area contributed by atoms with Gasteiger partial charge in [-0.25, -0.2) is 4.98 Å². The summed E-state index contributed by atoms with van der Waals surface area (Å²) in [4.78, 5) is 17.2. The molecule has 0 saturated heterocycles. The number of nitrogens with zero attached hydrogens (tertiary/aromatic N) is 2. The maximum absolute atomic E-state index is 11.4. The number of hydrogen-bond acceptors (Lipinski definition) is 4. The Labute approximate surface area is 104 Å². The van der Waals surface area contributed by atoms with Gasteiger partial charge in [0.2, 0.25) is 5.91 Å². The number of nitrogens with one attached hydrogen (secondary N) is 1. The molecular formula is C12H15N3OS. The van der Waals surface area contributed by atoms with Gasteiger partial charge in [-0.1, -0.05) is 0 Å². The molecule has 0 aliphatic rings. The number of anilines is 1. The Bertz CT molecular complexity index is 521. The minimum atomic E-state index is 0.136. The first-order valence-corrected chi connectivity index (χ1v) is 6.32. The molecule has 0 aliphatic heterocycles. The fourth-order valence-corrected chi connectivity index (χ4v) is 2.22. The van der Waals surface area contributed by atoms with E-state index >= 15 is 0 Å². The Morgan fingerprint density at radius 3 is 3.06 bits per heavy atom. The van der Waals surface area contributed by atoms with Gasteiger partial charge >= 0.3 is 0 Å². The molecule has 0 bridgehead atoms. The van der Waals surface area contributed by atoms with Crippen molar-refractivity contribution in [3.63, 3.8) is 0 Å². The molecule has 1 heterocycles. The van der Waals surface area contributed by atoms with E-state index in [0.717, 1.165) is 15.9 Å². The van der Waals surface area contributed by atoms with Gasteiger partial charge in [0.05, 0.1) is 15.7 Å². The number of rotatable bonds is 4. The zero-order valence-electron chi connectivity index (χ0n) is 9.93. The Kier molecular flexibility index (Phi) is 3.58.